The van der Waals surface area contributed by atoms with Crippen LogP contribution in [0.15, 0.2) is 23.8 Å². The van der Waals surface area contributed by atoms with Crippen LogP contribution in [0, 0.1) is 0 Å². The Bertz CT molecular complexity index is 438. The molecule has 3 nitrogen and oxygen atoms in total. The number of hydrogen-bond acceptors (Lipinski definition) is 3. The lowest BCUT2D eigenvalue weighted by molar-refractivity contribution is 0.279. The molecule has 104 valence electrons. The first-order valence-electron chi connectivity index (χ1n) is 6.81. The minimum atomic E-state index is -0.00427. The molecule has 1 aromatic rings. The maximum atomic E-state index is 9.27. The summed E-state index contributed by atoms with van der Waals surface area (Å²) in [5.74, 6) is 1.60. The van der Waals surface area contributed by atoms with Crippen molar-refractivity contribution in [2.24, 2.45) is 0 Å². The molecule has 0 saturated carbocycles. The van der Waals surface area contributed by atoms with E-state index in [-0.39, 0.29) is 6.61 Å². The van der Waals surface area contributed by atoms with Crippen molar-refractivity contribution in [3.8, 4) is 11.5 Å². The van der Waals surface area contributed by atoms with E-state index in [1.165, 1.54) is 24.8 Å². The largest absolute Gasteiger partial charge is 0.496 e. The van der Waals surface area contributed by atoms with Crippen molar-refractivity contribution in [1.82, 2.24) is 0 Å². The highest BCUT2D eigenvalue weighted by atomic mass is 16.5. The van der Waals surface area contributed by atoms with Gasteiger partial charge in [0.15, 0.2) is 0 Å². The van der Waals surface area contributed by atoms with E-state index in [4.69, 9.17) is 9.47 Å². The van der Waals surface area contributed by atoms with E-state index in [0.717, 1.165) is 35.5 Å². The predicted molar refractivity (Wildman–Crippen MR) is 75.7 cm³/mol. The van der Waals surface area contributed by atoms with Crippen molar-refractivity contribution >= 4 is 0 Å². The maximum Gasteiger partial charge on any atom is 0.126 e. The fraction of sp³-hybridized carbons (Fsp3) is 0.500. The van der Waals surface area contributed by atoms with Gasteiger partial charge in [0.05, 0.1) is 20.8 Å². The van der Waals surface area contributed by atoms with Gasteiger partial charge in [-0.05, 0) is 43.4 Å². The minimum Gasteiger partial charge on any atom is -0.496 e. The molecule has 1 aliphatic carbocycles. The van der Waals surface area contributed by atoms with E-state index >= 15 is 0 Å². The van der Waals surface area contributed by atoms with Gasteiger partial charge in [-0.25, -0.2) is 0 Å². The second kappa shape index (κ2) is 6.62. The summed E-state index contributed by atoms with van der Waals surface area (Å²) in [6, 6.07) is 3.78. The third-order valence-electron chi connectivity index (χ3n) is 3.64. The minimum absolute atomic E-state index is 0.00427. The first kappa shape index (κ1) is 13.9. The van der Waals surface area contributed by atoms with Gasteiger partial charge in [0, 0.05) is 12.0 Å². The summed E-state index contributed by atoms with van der Waals surface area (Å²) < 4.78 is 10.9. The van der Waals surface area contributed by atoms with Crippen LogP contribution in [0.4, 0.5) is 0 Å². The van der Waals surface area contributed by atoms with E-state index in [1.807, 2.05) is 12.1 Å². The Morgan fingerprint density at radius 3 is 2.26 bits per heavy atom. The molecule has 0 fully saturated rings. The standard InChI is InChI=1S/C16H22O3/c1-18-15-9-13(11-17)10-16(19-2)14(15)8-12-6-4-3-5-7-12/h6,9-10,17H,3-5,7-8,11H2,1-2H3. The molecule has 0 bridgehead atoms. The van der Waals surface area contributed by atoms with Gasteiger partial charge in [0.25, 0.3) is 0 Å². The molecule has 0 spiro atoms. The Balaban J connectivity index is 2.33. The van der Waals surface area contributed by atoms with Crippen molar-refractivity contribution in [1.29, 1.82) is 0 Å². The van der Waals surface area contributed by atoms with Crippen LogP contribution >= 0.6 is 0 Å². The Kier molecular flexibility index (Phi) is 4.86. The Labute approximate surface area is 114 Å². The van der Waals surface area contributed by atoms with Gasteiger partial charge in [0.2, 0.25) is 0 Å². The second-order valence-electron chi connectivity index (χ2n) is 4.92. The van der Waals surface area contributed by atoms with Gasteiger partial charge < -0.3 is 14.6 Å². The first-order chi connectivity index (χ1) is 9.28. The van der Waals surface area contributed by atoms with Crippen LogP contribution in [-0.2, 0) is 13.0 Å². The van der Waals surface area contributed by atoms with Crippen molar-refractivity contribution in [2.45, 2.75) is 38.7 Å². The highest BCUT2D eigenvalue weighted by molar-refractivity contribution is 5.50. The van der Waals surface area contributed by atoms with Crippen LogP contribution in [0.3, 0.4) is 0 Å². The molecule has 0 amide bonds. The van der Waals surface area contributed by atoms with Gasteiger partial charge in [-0.2, -0.15) is 0 Å². The Morgan fingerprint density at radius 2 is 1.79 bits per heavy atom. The third kappa shape index (κ3) is 3.29. The van der Waals surface area contributed by atoms with E-state index in [0.29, 0.717) is 0 Å². The molecule has 1 aliphatic rings. The van der Waals surface area contributed by atoms with Crippen LogP contribution in [0.2, 0.25) is 0 Å². The molecule has 0 aliphatic heterocycles. The van der Waals surface area contributed by atoms with Crippen LogP contribution in [0.5, 0.6) is 11.5 Å². The first-order valence-corrected chi connectivity index (χ1v) is 6.81. The average molecular weight is 262 g/mol. The van der Waals surface area contributed by atoms with Crippen LogP contribution < -0.4 is 9.47 Å². The molecule has 3 heteroatoms. The number of aliphatic hydroxyl groups excluding tert-OH is 1. The molecule has 0 saturated heterocycles. The molecule has 0 heterocycles. The topological polar surface area (TPSA) is 38.7 Å². The van der Waals surface area contributed by atoms with E-state index < -0.39 is 0 Å². The lowest BCUT2D eigenvalue weighted by atomic mass is 9.93. The fourth-order valence-electron chi connectivity index (χ4n) is 2.60. The molecule has 0 atom stereocenters. The molecule has 1 N–H and O–H groups in total. The van der Waals surface area contributed by atoms with Crippen molar-refractivity contribution in [2.75, 3.05) is 14.2 Å². The second-order valence-corrected chi connectivity index (χ2v) is 4.92. The Hall–Kier alpha value is -1.48. The summed E-state index contributed by atoms with van der Waals surface area (Å²) in [6.45, 7) is -0.00427. The molecule has 2 rings (SSSR count). The molecular weight excluding hydrogens is 240 g/mol. The summed E-state index contributed by atoms with van der Waals surface area (Å²) in [5, 5.41) is 9.27. The summed E-state index contributed by atoms with van der Waals surface area (Å²) in [6.07, 6.45) is 8.11. The normalized spacial score (nSPS) is 15.0. The Morgan fingerprint density at radius 1 is 1.11 bits per heavy atom. The monoisotopic (exact) mass is 262 g/mol. The number of allylic oxidation sites excluding steroid dienone is 2. The zero-order valence-corrected chi connectivity index (χ0v) is 11.7. The van der Waals surface area contributed by atoms with Gasteiger partial charge in [0.1, 0.15) is 11.5 Å². The summed E-state index contributed by atoms with van der Waals surface area (Å²) in [4.78, 5) is 0. The summed E-state index contributed by atoms with van der Waals surface area (Å²) in [5.41, 5.74) is 3.35. The number of aliphatic hydroxyl groups is 1. The van der Waals surface area contributed by atoms with Crippen molar-refractivity contribution in [3.63, 3.8) is 0 Å². The summed E-state index contributed by atoms with van der Waals surface area (Å²) in [7, 11) is 3.32. The molecule has 0 aromatic heterocycles. The van der Waals surface area contributed by atoms with Crippen molar-refractivity contribution in [3.05, 3.63) is 34.9 Å². The zero-order chi connectivity index (χ0) is 13.7. The molecule has 19 heavy (non-hydrogen) atoms. The average Bonchev–Trinajstić information content (AvgIpc) is 2.48. The van der Waals surface area contributed by atoms with E-state index in [2.05, 4.69) is 6.08 Å². The maximum absolute atomic E-state index is 9.27. The lowest BCUT2D eigenvalue weighted by Crippen LogP contribution is -2.02. The van der Waals surface area contributed by atoms with Crippen LogP contribution in [0.25, 0.3) is 0 Å². The van der Waals surface area contributed by atoms with E-state index in [1.54, 1.807) is 14.2 Å². The number of methoxy groups -OCH3 is 2. The number of rotatable bonds is 5. The number of hydrogen-bond donors (Lipinski definition) is 1. The molecule has 1 aromatic carbocycles. The fourth-order valence-corrected chi connectivity index (χ4v) is 2.60. The predicted octanol–water partition coefficient (Wildman–Crippen LogP) is 3.24. The van der Waals surface area contributed by atoms with Gasteiger partial charge >= 0.3 is 0 Å². The molecule has 0 unspecified atom stereocenters. The van der Waals surface area contributed by atoms with Gasteiger partial charge in [-0.3, -0.25) is 0 Å². The zero-order valence-electron chi connectivity index (χ0n) is 11.7. The van der Waals surface area contributed by atoms with E-state index in [9.17, 15) is 5.11 Å². The number of benzene rings is 1. The highest BCUT2D eigenvalue weighted by Crippen LogP contribution is 2.34. The molecular formula is C16H22O3. The lowest BCUT2D eigenvalue weighted by Gasteiger charge is -2.18. The van der Waals surface area contributed by atoms with Crippen LogP contribution in [0.1, 0.15) is 36.8 Å². The quantitative estimate of drug-likeness (QED) is 0.828. The smallest absolute Gasteiger partial charge is 0.126 e. The SMILES string of the molecule is COc1cc(CO)cc(OC)c1CC1=CCCCC1. The summed E-state index contributed by atoms with van der Waals surface area (Å²) >= 11 is 0. The van der Waals surface area contributed by atoms with Gasteiger partial charge in [-0.1, -0.05) is 11.6 Å². The highest BCUT2D eigenvalue weighted by Gasteiger charge is 2.15. The molecule has 0 radical (unpaired) electrons. The van der Waals surface area contributed by atoms with Gasteiger partial charge in [-0.15, -0.1) is 0 Å². The van der Waals surface area contributed by atoms with Crippen molar-refractivity contribution < 1.29 is 14.6 Å². The van der Waals surface area contributed by atoms with Crippen LogP contribution in [-0.4, -0.2) is 19.3 Å². The number of ether oxygens (including phenoxy) is 2. The third-order valence-corrected chi connectivity index (χ3v) is 3.64.